The van der Waals surface area contributed by atoms with Gasteiger partial charge in [0.15, 0.2) is 0 Å². The molecule has 0 spiro atoms. The lowest BCUT2D eigenvalue weighted by Crippen LogP contribution is -2.28. The second-order valence-corrected chi connectivity index (χ2v) is 8.18. The van der Waals surface area contributed by atoms with Gasteiger partial charge in [0.25, 0.3) is 5.91 Å². The Hall–Kier alpha value is -3.91. The number of nitrogens with one attached hydrogen (secondary N) is 3. The maximum atomic E-state index is 11.0. The molecule has 0 unspecified atom stereocenters. The number of aliphatic hydroxyl groups excluding tert-OH is 1. The number of nitrogens with zero attached hydrogens (tertiary/aromatic N) is 1. The first-order valence-electron chi connectivity index (χ1n) is 11.4. The Labute approximate surface area is 204 Å². The van der Waals surface area contributed by atoms with Gasteiger partial charge in [0, 0.05) is 49.0 Å². The second-order valence-electron chi connectivity index (χ2n) is 8.18. The predicted molar refractivity (Wildman–Crippen MR) is 141 cm³/mol. The van der Waals surface area contributed by atoms with Crippen LogP contribution in [0.4, 0.5) is 0 Å². The predicted octanol–water partition coefficient (Wildman–Crippen LogP) is 2.56. The first-order valence-corrected chi connectivity index (χ1v) is 11.4. The molecule has 4 aromatic rings. The highest BCUT2D eigenvalue weighted by Crippen LogP contribution is 2.15. The summed E-state index contributed by atoms with van der Waals surface area (Å²) in [6.45, 7) is 9.68. The van der Waals surface area contributed by atoms with Gasteiger partial charge in [0.2, 0.25) is 0 Å². The molecule has 7 nitrogen and oxygen atoms in total. The van der Waals surface area contributed by atoms with Crippen molar-refractivity contribution in [1.29, 1.82) is 0 Å². The first-order chi connectivity index (χ1) is 17.0. The Morgan fingerprint density at radius 1 is 0.971 bits per heavy atom. The molecule has 2 heterocycles. The molecule has 2 aromatic carbocycles. The van der Waals surface area contributed by atoms with E-state index in [1.165, 1.54) is 17.0 Å². The average Bonchev–Trinajstić information content (AvgIpc) is 3.50. The van der Waals surface area contributed by atoms with Gasteiger partial charge >= 0.3 is 0 Å². The molecular formula is C28H32N4O3. The van der Waals surface area contributed by atoms with Crippen molar-refractivity contribution in [2.24, 2.45) is 0 Å². The van der Waals surface area contributed by atoms with Gasteiger partial charge in [-0.05, 0) is 64.1 Å². The van der Waals surface area contributed by atoms with Crippen molar-refractivity contribution in [3.8, 4) is 0 Å². The lowest BCUT2D eigenvalue weighted by Gasteiger charge is -2.21. The Morgan fingerprint density at radius 3 is 2.34 bits per heavy atom. The van der Waals surface area contributed by atoms with Crippen molar-refractivity contribution < 1.29 is 15.1 Å². The Bertz CT molecular complexity index is 1310. The van der Waals surface area contributed by atoms with Crippen LogP contribution in [0.3, 0.4) is 0 Å². The fourth-order valence-corrected chi connectivity index (χ4v) is 3.59. The standard InChI is InChI=1S/C22H25N3O3.C6H7N/c26-14-13-25(12-10-18-5-7-21-20(15-18)9-11-23-21)16-19-3-1-17(2-4-19)6-8-22(27)24-28;1-5-3-4-7-6(5)2/h1-9,11,15,23,26,28H,10,12-14,16H2,(H,24,27);3-4,7H,1-2H2/b8-6+;. The molecule has 0 fully saturated rings. The minimum Gasteiger partial charge on any atom is -0.395 e. The maximum Gasteiger partial charge on any atom is 0.267 e. The molecule has 7 heteroatoms. The molecule has 0 aliphatic rings. The van der Waals surface area contributed by atoms with Gasteiger partial charge in [-0.2, -0.15) is 0 Å². The first kappa shape index (κ1) is 25.7. The molecule has 2 aromatic heterocycles. The SMILES string of the molecule is C=c1cc[nH]c1=C.O=C(/C=C/c1ccc(CN(CCO)CCc2ccc3[nH]ccc3c2)cc1)NO. The smallest absolute Gasteiger partial charge is 0.267 e. The molecule has 0 aliphatic carbocycles. The van der Waals surface area contributed by atoms with Gasteiger partial charge in [-0.1, -0.05) is 43.5 Å². The van der Waals surface area contributed by atoms with E-state index < -0.39 is 5.91 Å². The molecule has 0 atom stereocenters. The number of hydrogen-bond acceptors (Lipinski definition) is 4. The van der Waals surface area contributed by atoms with Crippen LogP contribution in [0.5, 0.6) is 0 Å². The third-order valence-corrected chi connectivity index (χ3v) is 5.60. The topological polar surface area (TPSA) is 104 Å². The minimum atomic E-state index is -0.559. The molecule has 1 amide bonds. The van der Waals surface area contributed by atoms with E-state index in [9.17, 15) is 9.90 Å². The van der Waals surface area contributed by atoms with Crippen molar-refractivity contribution in [2.45, 2.75) is 13.0 Å². The van der Waals surface area contributed by atoms with Crippen LogP contribution in [0.1, 0.15) is 16.7 Å². The molecule has 5 N–H and O–H groups in total. The quantitative estimate of drug-likeness (QED) is 0.147. The molecular weight excluding hydrogens is 440 g/mol. The third-order valence-electron chi connectivity index (χ3n) is 5.60. The molecule has 0 saturated carbocycles. The monoisotopic (exact) mass is 472 g/mol. The van der Waals surface area contributed by atoms with Crippen LogP contribution in [0.2, 0.25) is 0 Å². The number of rotatable bonds is 9. The third kappa shape index (κ3) is 8.12. The largest absolute Gasteiger partial charge is 0.395 e. The summed E-state index contributed by atoms with van der Waals surface area (Å²) in [4.78, 5) is 19.4. The summed E-state index contributed by atoms with van der Waals surface area (Å²) in [6.07, 6.45) is 7.59. The van der Waals surface area contributed by atoms with Crippen LogP contribution in [-0.2, 0) is 17.8 Å². The minimum absolute atomic E-state index is 0.119. The lowest BCUT2D eigenvalue weighted by atomic mass is 10.1. The van der Waals surface area contributed by atoms with Gasteiger partial charge in [-0.15, -0.1) is 0 Å². The van der Waals surface area contributed by atoms with Crippen molar-refractivity contribution in [3.63, 3.8) is 0 Å². The van der Waals surface area contributed by atoms with Crippen molar-refractivity contribution >= 4 is 36.0 Å². The van der Waals surface area contributed by atoms with Gasteiger partial charge in [0.1, 0.15) is 0 Å². The zero-order valence-corrected chi connectivity index (χ0v) is 19.7. The number of carbonyl (C=O) groups excluding carboxylic acids is 1. The molecule has 0 aliphatic heterocycles. The number of aromatic nitrogens is 2. The van der Waals surface area contributed by atoms with Crippen molar-refractivity contribution in [1.82, 2.24) is 20.3 Å². The summed E-state index contributed by atoms with van der Waals surface area (Å²) >= 11 is 0. The number of hydroxylamine groups is 1. The van der Waals surface area contributed by atoms with Crippen LogP contribution in [0.25, 0.3) is 30.1 Å². The summed E-state index contributed by atoms with van der Waals surface area (Å²) in [7, 11) is 0. The van der Waals surface area contributed by atoms with Gasteiger partial charge in [-0.25, -0.2) is 5.48 Å². The number of H-pyrrole nitrogens is 2. The highest BCUT2D eigenvalue weighted by Gasteiger charge is 2.07. The van der Waals surface area contributed by atoms with E-state index in [1.807, 2.05) is 42.7 Å². The van der Waals surface area contributed by atoms with E-state index in [4.69, 9.17) is 5.21 Å². The molecule has 0 saturated heterocycles. The van der Waals surface area contributed by atoms with Crippen LogP contribution >= 0.6 is 0 Å². The van der Waals surface area contributed by atoms with Crippen molar-refractivity contribution in [3.05, 3.63) is 100 Å². The number of fused-ring (bicyclic) bond motifs is 1. The van der Waals surface area contributed by atoms with E-state index in [2.05, 4.69) is 52.3 Å². The summed E-state index contributed by atoms with van der Waals surface area (Å²) in [5, 5.41) is 21.0. The number of aliphatic hydroxyl groups is 1. The van der Waals surface area contributed by atoms with Gasteiger partial charge in [-0.3, -0.25) is 14.9 Å². The van der Waals surface area contributed by atoms with Gasteiger partial charge in [0.05, 0.1) is 6.61 Å². The van der Waals surface area contributed by atoms with Gasteiger partial charge < -0.3 is 15.1 Å². The summed E-state index contributed by atoms with van der Waals surface area (Å²) < 4.78 is 0. The molecule has 182 valence electrons. The van der Waals surface area contributed by atoms with Crippen LogP contribution in [-0.4, -0.2) is 50.8 Å². The Kier molecular flexibility index (Phi) is 9.62. The van der Waals surface area contributed by atoms with E-state index >= 15 is 0 Å². The fourth-order valence-electron chi connectivity index (χ4n) is 3.59. The molecule has 4 rings (SSSR count). The fraction of sp³-hybridized carbons (Fsp3) is 0.179. The van der Waals surface area contributed by atoms with Crippen molar-refractivity contribution in [2.75, 3.05) is 19.7 Å². The summed E-state index contributed by atoms with van der Waals surface area (Å²) in [5.41, 5.74) is 5.99. The van der Waals surface area contributed by atoms with E-state index in [1.54, 1.807) is 11.6 Å². The number of amides is 1. The average molecular weight is 473 g/mol. The van der Waals surface area contributed by atoms with Crippen LogP contribution < -0.4 is 16.0 Å². The zero-order valence-electron chi connectivity index (χ0n) is 19.7. The second kappa shape index (κ2) is 13.1. The Morgan fingerprint density at radius 2 is 1.71 bits per heavy atom. The van der Waals surface area contributed by atoms with Crippen LogP contribution in [0.15, 0.2) is 73.1 Å². The summed E-state index contributed by atoms with van der Waals surface area (Å²) in [5.74, 6) is -0.559. The van der Waals surface area contributed by atoms with E-state index in [-0.39, 0.29) is 6.61 Å². The Balaban J connectivity index is 0.000000420. The van der Waals surface area contributed by atoms with E-state index in [0.717, 1.165) is 46.7 Å². The maximum absolute atomic E-state index is 11.0. The zero-order chi connectivity index (χ0) is 25.0. The lowest BCUT2D eigenvalue weighted by molar-refractivity contribution is -0.124. The number of hydrogen-bond donors (Lipinski definition) is 5. The highest BCUT2D eigenvalue weighted by atomic mass is 16.5. The molecule has 0 bridgehead atoms. The number of benzene rings is 2. The number of aromatic amines is 2. The normalized spacial score (nSPS) is 11.1. The van der Waals surface area contributed by atoms with Crippen LogP contribution in [0, 0.1) is 0 Å². The molecule has 0 radical (unpaired) electrons. The highest BCUT2D eigenvalue weighted by molar-refractivity contribution is 5.90. The number of carbonyl (C=O) groups is 1. The summed E-state index contributed by atoms with van der Waals surface area (Å²) in [6, 6.07) is 18.3. The van der Waals surface area contributed by atoms with E-state index in [0.29, 0.717) is 6.54 Å². The molecule has 35 heavy (non-hydrogen) atoms.